The smallest absolute Gasteiger partial charge is 0.239 e. The van der Waals surface area contributed by atoms with Crippen molar-refractivity contribution in [2.24, 2.45) is 5.92 Å². The molecule has 1 fully saturated rings. The summed E-state index contributed by atoms with van der Waals surface area (Å²) in [4.78, 5) is 4.18. The maximum Gasteiger partial charge on any atom is 0.239 e. The zero-order valence-corrected chi connectivity index (χ0v) is 7.46. The van der Waals surface area contributed by atoms with Crippen LogP contribution in [0.2, 0.25) is 0 Å². The largest absolute Gasteiger partial charge is 0.367 e. The van der Waals surface area contributed by atoms with Gasteiger partial charge in [0.1, 0.15) is 5.82 Å². The molecular weight excluding hydrogens is 152 g/mol. The van der Waals surface area contributed by atoms with Crippen LogP contribution in [0.4, 0.5) is 5.95 Å². The van der Waals surface area contributed by atoms with Gasteiger partial charge in [-0.1, -0.05) is 13.8 Å². The number of nitrogen functional groups attached to an aromatic ring is 1. The monoisotopic (exact) mass is 166 g/mol. The zero-order valence-electron chi connectivity index (χ0n) is 7.46. The molecule has 0 spiro atoms. The number of hydrogen-bond donors (Lipinski definition) is 2. The van der Waals surface area contributed by atoms with E-state index >= 15 is 0 Å². The van der Waals surface area contributed by atoms with Gasteiger partial charge in [0, 0.05) is 5.41 Å². The molecule has 4 heteroatoms. The van der Waals surface area contributed by atoms with Crippen LogP contribution in [0.5, 0.6) is 0 Å². The van der Waals surface area contributed by atoms with Crippen molar-refractivity contribution in [3.63, 3.8) is 0 Å². The summed E-state index contributed by atoms with van der Waals surface area (Å²) in [6.45, 7) is 4.43. The van der Waals surface area contributed by atoms with Crippen LogP contribution < -0.4 is 5.73 Å². The van der Waals surface area contributed by atoms with E-state index < -0.39 is 0 Å². The first-order chi connectivity index (χ1) is 5.65. The molecule has 66 valence electrons. The van der Waals surface area contributed by atoms with Crippen LogP contribution in [0.15, 0.2) is 0 Å². The Morgan fingerprint density at radius 2 is 2.17 bits per heavy atom. The normalized spacial score (nSPS) is 19.9. The minimum Gasteiger partial charge on any atom is -0.367 e. The van der Waals surface area contributed by atoms with Crippen LogP contribution in [0, 0.1) is 5.92 Å². The van der Waals surface area contributed by atoms with Crippen LogP contribution in [-0.4, -0.2) is 15.2 Å². The lowest BCUT2D eigenvalue weighted by molar-refractivity contribution is 0.458. The van der Waals surface area contributed by atoms with Crippen molar-refractivity contribution in [3.8, 4) is 0 Å². The average Bonchev–Trinajstić information content (AvgIpc) is 2.71. The molecule has 3 N–H and O–H groups in total. The highest BCUT2D eigenvalue weighted by Gasteiger charge is 2.49. The van der Waals surface area contributed by atoms with E-state index in [9.17, 15) is 0 Å². The maximum atomic E-state index is 5.45. The van der Waals surface area contributed by atoms with Crippen molar-refractivity contribution in [1.29, 1.82) is 0 Å². The van der Waals surface area contributed by atoms with Gasteiger partial charge in [-0.05, 0) is 18.8 Å². The summed E-state index contributed by atoms with van der Waals surface area (Å²) >= 11 is 0. The topological polar surface area (TPSA) is 67.6 Å². The molecule has 1 heterocycles. The molecule has 4 nitrogen and oxygen atoms in total. The molecule has 1 aliphatic rings. The molecule has 2 rings (SSSR count). The fraction of sp³-hybridized carbons (Fsp3) is 0.750. The fourth-order valence-electron chi connectivity index (χ4n) is 1.72. The van der Waals surface area contributed by atoms with E-state index in [0.717, 1.165) is 5.82 Å². The summed E-state index contributed by atoms with van der Waals surface area (Å²) in [7, 11) is 0. The minimum absolute atomic E-state index is 0.255. The second kappa shape index (κ2) is 2.21. The van der Waals surface area contributed by atoms with E-state index in [1.165, 1.54) is 12.8 Å². The van der Waals surface area contributed by atoms with Crippen LogP contribution >= 0.6 is 0 Å². The first-order valence-corrected chi connectivity index (χ1v) is 4.33. The van der Waals surface area contributed by atoms with E-state index in [0.29, 0.717) is 11.9 Å². The molecule has 0 amide bonds. The fourth-order valence-corrected chi connectivity index (χ4v) is 1.72. The zero-order chi connectivity index (χ0) is 8.77. The molecule has 0 atom stereocenters. The van der Waals surface area contributed by atoms with Gasteiger partial charge < -0.3 is 5.73 Å². The van der Waals surface area contributed by atoms with Crippen molar-refractivity contribution >= 4 is 5.95 Å². The second-order valence-electron chi connectivity index (χ2n) is 3.85. The van der Waals surface area contributed by atoms with Gasteiger partial charge in [0.2, 0.25) is 5.95 Å². The molecule has 0 unspecified atom stereocenters. The Labute approximate surface area is 71.6 Å². The van der Waals surface area contributed by atoms with Crippen molar-refractivity contribution in [3.05, 3.63) is 5.82 Å². The molecule has 1 aliphatic carbocycles. The summed E-state index contributed by atoms with van der Waals surface area (Å²) in [5.74, 6) is 1.94. The lowest BCUT2D eigenvalue weighted by atomic mass is 9.92. The first-order valence-electron chi connectivity index (χ1n) is 4.33. The molecule has 0 aromatic carbocycles. The summed E-state index contributed by atoms with van der Waals surface area (Å²) in [6.07, 6.45) is 2.42. The Kier molecular flexibility index (Phi) is 1.40. The number of H-pyrrole nitrogens is 1. The Hall–Kier alpha value is -1.06. The van der Waals surface area contributed by atoms with Gasteiger partial charge in [-0.2, -0.15) is 4.98 Å². The molecule has 1 aromatic heterocycles. The van der Waals surface area contributed by atoms with E-state index in [1.54, 1.807) is 0 Å². The second-order valence-corrected chi connectivity index (χ2v) is 3.85. The minimum atomic E-state index is 0.255. The van der Waals surface area contributed by atoms with Gasteiger partial charge in [0.25, 0.3) is 0 Å². The van der Waals surface area contributed by atoms with Crippen molar-refractivity contribution in [2.45, 2.75) is 32.1 Å². The average molecular weight is 166 g/mol. The number of aromatic nitrogens is 3. The highest BCUT2D eigenvalue weighted by Crippen LogP contribution is 2.52. The SMILES string of the molecule is CC(C)C1(c2nc(N)n[nH]2)CC1. The third-order valence-electron chi connectivity index (χ3n) is 2.87. The number of nitrogens with zero attached hydrogens (tertiary/aromatic N) is 2. The number of nitrogens with one attached hydrogen (secondary N) is 1. The van der Waals surface area contributed by atoms with Crippen molar-refractivity contribution in [2.75, 3.05) is 5.73 Å². The summed E-state index contributed by atoms with van der Waals surface area (Å²) in [6, 6.07) is 0. The highest BCUT2D eigenvalue weighted by molar-refractivity contribution is 5.24. The molecule has 1 aromatic rings. The van der Waals surface area contributed by atoms with Crippen molar-refractivity contribution < 1.29 is 0 Å². The molecule has 0 aliphatic heterocycles. The van der Waals surface area contributed by atoms with Gasteiger partial charge in [0.15, 0.2) is 0 Å². The van der Waals surface area contributed by atoms with E-state index in [1.807, 2.05) is 0 Å². The molecule has 12 heavy (non-hydrogen) atoms. The molecular formula is C8H14N4. The molecule has 0 bridgehead atoms. The third kappa shape index (κ3) is 0.906. The molecule has 0 saturated heterocycles. The van der Waals surface area contributed by atoms with Crippen LogP contribution in [0.1, 0.15) is 32.5 Å². The molecule has 0 radical (unpaired) electrons. The number of rotatable bonds is 2. The summed E-state index contributed by atoms with van der Waals surface area (Å²) in [5, 5.41) is 6.75. The van der Waals surface area contributed by atoms with Crippen LogP contribution in [-0.2, 0) is 5.41 Å². The Balaban J connectivity index is 2.30. The predicted octanol–water partition coefficient (Wildman–Crippen LogP) is 1.07. The van der Waals surface area contributed by atoms with Gasteiger partial charge in [-0.15, -0.1) is 5.10 Å². The Bertz CT molecular complexity index is 285. The molecule has 1 saturated carbocycles. The summed E-state index contributed by atoms with van der Waals surface area (Å²) in [5.41, 5.74) is 5.70. The van der Waals surface area contributed by atoms with Crippen molar-refractivity contribution in [1.82, 2.24) is 15.2 Å². The standard InChI is InChI=1S/C8H14N4/c1-5(2)8(3-4-8)6-10-7(9)12-11-6/h5H,3-4H2,1-2H3,(H3,9,10,11,12). The Morgan fingerprint density at radius 1 is 1.50 bits per heavy atom. The van der Waals surface area contributed by atoms with E-state index in [2.05, 4.69) is 29.0 Å². The predicted molar refractivity (Wildman–Crippen MR) is 46.5 cm³/mol. The lowest BCUT2D eigenvalue weighted by Gasteiger charge is -2.15. The van der Waals surface area contributed by atoms with Crippen LogP contribution in [0.3, 0.4) is 0 Å². The number of nitrogens with two attached hydrogens (primary N) is 1. The maximum absolute atomic E-state index is 5.45. The Morgan fingerprint density at radius 3 is 2.50 bits per heavy atom. The third-order valence-corrected chi connectivity index (χ3v) is 2.87. The number of anilines is 1. The van der Waals surface area contributed by atoms with Crippen LogP contribution in [0.25, 0.3) is 0 Å². The lowest BCUT2D eigenvalue weighted by Crippen LogP contribution is -2.16. The van der Waals surface area contributed by atoms with E-state index in [-0.39, 0.29) is 5.41 Å². The number of aromatic amines is 1. The number of hydrogen-bond acceptors (Lipinski definition) is 3. The van der Waals surface area contributed by atoms with Gasteiger partial charge in [-0.3, -0.25) is 5.10 Å². The van der Waals surface area contributed by atoms with Gasteiger partial charge >= 0.3 is 0 Å². The van der Waals surface area contributed by atoms with Gasteiger partial charge in [0.05, 0.1) is 0 Å². The summed E-state index contributed by atoms with van der Waals surface area (Å²) < 4.78 is 0. The first kappa shape index (κ1) is 7.58. The highest BCUT2D eigenvalue weighted by atomic mass is 15.3. The van der Waals surface area contributed by atoms with Gasteiger partial charge in [-0.25, -0.2) is 0 Å². The quantitative estimate of drug-likeness (QED) is 0.690. The van der Waals surface area contributed by atoms with E-state index in [4.69, 9.17) is 5.73 Å².